The van der Waals surface area contributed by atoms with Crippen LogP contribution < -0.4 is 11.1 Å². The van der Waals surface area contributed by atoms with E-state index in [2.05, 4.69) is 15.5 Å². The Morgan fingerprint density at radius 2 is 2.00 bits per heavy atom. The third-order valence-corrected chi connectivity index (χ3v) is 5.37. The molecule has 0 aromatic carbocycles. The smallest absolute Gasteiger partial charge is 0.248 e. The topological polar surface area (TPSA) is 94.0 Å². The van der Waals surface area contributed by atoms with Crippen molar-refractivity contribution in [3.05, 3.63) is 11.7 Å². The molecule has 1 amide bonds. The minimum absolute atomic E-state index is 0.0325. The summed E-state index contributed by atoms with van der Waals surface area (Å²) in [6.45, 7) is 6.21. The van der Waals surface area contributed by atoms with Crippen LogP contribution in [0.4, 0.5) is 0 Å². The maximum atomic E-state index is 12.6. The molecule has 0 radical (unpaired) electrons. The van der Waals surface area contributed by atoms with E-state index in [1.807, 2.05) is 20.8 Å². The zero-order chi connectivity index (χ0) is 16.9. The molecule has 130 valence electrons. The van der Waals surface area contributed by atoms with Crippen LogP contribution in [-0.2, 0) is 4.79 Å². The normalized spacial score (nSPS) is 17.9. The molecule has 1 aliphatic rings. The molecule has 6 heteroatoms. The summed E-state index contributed by atoms with van der Waals surface area (Å²) in [6, 6.07) is -0.295. The molecule has 1 aliphatic carbocycles. The van der Waals surface area contributed by atoms with Crippen molar-refractivity contribution in [3.8, 4) is 0 Å². The summed E-state index contributed by atoms with van der Waals surface area (Å²) in [5, 5.41) is 7.12. The number of carbonyl (C=O) groups is 1. The highest BCUT2D eigenvalue weighted by atomic mass is 16.5. The first kappa shape index (κ1) is 17.9. The third kappa shape index (κ3) is 3.91. The highest BCUT2D eigenvalue weighted by Gasteiger charge is 2.35. The first-order chi connectivity index (χ1) is 11.1. The highest BCUT2D eigenvalue weighted by Crippen LogP contribution is 2.31. The SMILES string of the molecule is CCC(CC)(CN)C(=O)NC(C)c1nc(C2CCCCC2)no1. The molecule has 6 nitrogen and oxygen atoms in total. The van der Waals surface area contributed by atoms with Crippen molar-refractivity contribution in [2.24, 2.45) is 11.1 Å². The molecule has 0 saturated heterocycles. The molecule has 0 spiro atoms. The molecular formula is C17H30N4O2. The van der Waals surface area contributed by atoms with Gasteiger partial charge in [-0.15, -0.1) is 0 Å². The Morgan fingerprint density at radius 1 is 1.35 bits per heavy atom. The van der Waals surface area contributed by atoms with Crippen LogP contribution in [0.1, 0.15) is 89.4 Å². The summed E-state index contributed by atoms with van der Waals surface area (Å²) >= 11 is 0. The van der Waals surface area contributed by atoms with Crippen molar-refractivity contribution in [1.82, 2.24) is 15.5 Å². The molecule has 2 rings (SSSR count). The van der Waals surface area contributed by atoms with Gasteiger partial charge in [-0.05, 0) is 32.6 Å². The number of hydrogen-bond acceptors (Lipinski definition) is 5. The molecule has 1 aromatic rings. The van der Waals surface area contributed by atoms with Gasteiger partial charge in [0.05, 0.1) is 5.41 Å². The lowest BCUT2D eigenvalue weighted by Gasteiger charge is -2.29. The number of nitrogens with one attached hydrogen (secondary N) is 1. The van der Waals surface area contributed by atoms with E-state index in [-0.39, 0.29) is 11.9 Å². The van der Waals surface area contributed by atoms with Crippen molar-refractivity contribution in [3.63, 3.8) is 0 Å². The minimum atomic E-state index is -0.513. The lowest BCUT2D eigenvalue weighted by Crippen LogP contribution is -2.46. The molecule has 0 aliphatic heterocycles. The van der Waals surface area contributed by atoms with Crippen molar-refractivity contribution >= 4 is 5.91 Å². The van der Waals surface area contributed by atoms with Crippen LogP contribution in [0.15, 0.2) is 4.52 Å². The van der Waals surface area contributed by atoms with Crippen LogP contribution in [0.25, 0.3) is 0 Å². The van der Waals surface area contributed by atoms with Crippen LogP contribution in [0.3, 0.4) is 0 Å². The van der Waals surface area contributed by atoms with Gasteiger partial charge in [0.25, 0.3) is 0 Å². The Morgan fingerprint density at radius 3 is 2.57 bits per heavy atom. The second-order valence-corrected chi connectivity index (χ2v) is 6.71. The maximum absolute atomic E-state index is 12.6. The third-order valence-electron chi connectivity index (χ3n) is 5.37. The first-order valence-electron chi connectivity index (χ1n) is 8.90. The Labute approximate surface area is 138 Å². The van der Waals surface area contributed by atoms with Gasteiger partial charge >= 0.3 is 0 Å². The molecule has 3 N–H and O–H groups in total. The van der Waals surface area contributed by atoms with E-state index in [0.29, 0.717) is 18.4 Å². The Bertz CT molecular complexity index is 496. The Balaban J connectivity index is 2.01. The van der Waals surface area contributed by atoms with Gasteiger partial charge in [0.1, 0.15) is 6.04 Å². The van der Waals surface area contributed by atoms with Crippen LogP contribution in [0.2, 0.25) is 0 Å². The molecule has 1 aromatic heterocycles. The largest absolute Gasteiger partial charge is 0.344 e. The number of nitrogens with zero attached hydrogens (tertiary/aromatic N) is 2. The van der Waals surface area contributed by atoms with Crippen LogP contribution in [0.5, 0.6) is 0 Å². The zero-order valence-corrected chi connectivity index (χ0v) is 14.6. The first-order valence-corrected chi connectivity index (χ1v) is 8.90. The van der Waals surface area contributed by atoms with Crippen LogP contribution in [-0.4, -0.2) is 22.6 Å². The van der Waals surface area contributed by atoms with E-state index in [9.17, 15) is 4.79 Å². The lowest BCUT2D eigenvalue weighted by molar-refractivity contribution is -0.131. The standard InChI is InChI=1S/C17H30N4O2/c1-4-17(5-2,11-18)16(22)19-12(3)15-20-14(21-23-15)13-9-7-6-8-10-13/h12-13H,4-11,18H2,1-3H3,(H,19,22). The summed E-state index contributed by atoms with van der Waals surface area (Å²) in [4.78, 5) is 17.1. The summed E-state index contributed by atoms with van der Waals surface area (Å²) in [7, 11) is 0. The van der Waals surface area contributed by atoms with E-state index < -0.39 is 5.41 Å². The van der Waals surface area contributed by atoms with Crippen molar-refractivity contribution in [2.75, 3.05) is 6.54 Å². The predicted molar refractivity (Wildman–Crippen MR) is 88.8 cm³/mol. The molecule has 1 unspecified atom stereocenters. The second kappa shape index (κ2) is 7.90. The van der Waals surface area contributed by atoms with Crippen LogP contribution >= 0.6 is 0 Å². The fraction of sp³-hybridized carbons (Fsp3) is 0.824. The van der Waals surface area contributed by atoms with E-state index in [1.165, 1.54) is 19.3 Å². The number of carbonyl (C=O) groups excluding carboxylic acids is 1. The Kier molecular flexibility index (Phi) is 6.16. The number of rotatable bonds is 7. The molecule has 1 saturated carbocycles. The van der Waals surface area contributed by atoms with Gasteiger partial charge in [-0.3, -0.25) is 4.79 Å². The lowest BCUT2D eigenvalue weighted by atomic mass is 9.81. The number of aromatic nitrogens is 2. The summed E-state index contributed by atoms with van der Waals surface area (Å²) < 4.78 is 5.39. The zero-order valence-electron chi connectivity index (χ0n) is 14.6. The Hall–Kier alpha value is -1.43. The second-order valence-electron chi connectivity index (χ2n) is 6.71. The van der Waals surface area contributed by atoms with E-state index in [0.717, 1.165) is 31.5 Å². The van der Waals surface area contributed by atoms with E-state index in [4.69, 9.17) is 10.3 Å². The van der Waals surface area contributed by atoms with Gasteiger partial charge in [-0.2, -0.15) is 4.98 Å². The van der Waals surface area contributed by atoms with Crippen molar-refractivity contribution in [1.29, 1.82) is 0 Å². The van der Waals surface area contributed by atoms with Gasteiger partial charge < -0.3 is 15.6 Å². The predicted octanol–water partition coefficient (Wildman–Crippen LogP) is 3.06. The van der Waals surface area contributed by atoms with Gasteiger partial charge in [0.15, 0.2) is 5.82 Å². The summed E-state index contributed by atoms with van der Waals surface area (Å²) in [5.74, 6) is 1.64. The van der Waals surface area contributed by atoms with E-state index in [1.54, 1.807) is 0 Å². The quantitative estimate of drug-likeness (QED) is 0.804. The number of hydrogen-bond donors (Lipinski definition) is 2. The minimum Gasteiger partial charge on any atom is -0.344 e. The summed E-state index contributed by atoms with van der Waals surface area (Å²) in [5.41, 5.74) is 5.32. The maximum Gasteiger partial charge on any atom is 0.248 e. The van der Waals surface area contributed by atoms with Gasteiger partial charge in [0.2, 0.25) is 11.8 Å². The summed E-state index contributed by atoms with van der Waals surface area (Å²) in [6.07, 6.45) is 7.44. The molecular weight excluding hydrogens is 292 g/mol. The van der Waals surface area contributed by atoms with Gasteiger partial charge in [0, 0.05) is 12.5 Å². The fourth-order valence-electron chi connectivity index (χ4n) is 3.31. The average molecular weight is 322 g/mol. The monoisotopic (exact) mass is 322 g/mol. The molecule has 23 heavy (non-hydrogen) atoms. The van der Waals surface area contributed by atoms with E-state index >= 15 is 0 Å². The molecule has 1 atom stereocenters. The van der Waals surface area contributed by atoms with Gasteiger partial charge in [-0.25, -0.2) is 0 Å². The molecule has 1 heterocycles. The highest BCUT2D eigenvalue weighted by molar-refractivity contribution is 5.83. The van der Waals surface area contributed by atoms with Crippen LogP contribution in [0, 0.1) is 5.41 Å². The number of nitrogens with two attached hydrogens (primary N) is 1. The number of amides is 1. The molecule has 1 fully saturated rings. The van der Waals surface area contributed by atoms with Crippen molar-refractivity contribution < 1.29 is 9.32 Å². The fourth-order valence-corrected chi connectivity index (χ4v) is 3.31. The molecule has 0 bridgehead atoms. The van der Waals surface area contributed by atoms with Gasteiger partial charge in [-0.1, -0.05) is 38.3 Å². The van der Waals surface area contributed by atoms with Crippen molar-refractivity contribution in [2.45, 2.75) is 77.7 Å². The average Bonchev–Trinajstić information content (AvgIpc) is 3.08.